The molecule has 1 aromatic heterocycles. The highest BCUT2D eigenvalue weighted by Gasteiger charge is 2.43. The van der Waals surface area contributed by atoms with Gasteiger partial charge >= 0.3 is 12.1 Å². The molecule has 156 valence electrons. The molecule has 3 aromatic rings. The van der Waals surface area contributed by atoms with E-state index in [2.05, 4.69) is 29.2 Å². The number of hydrogen-bond donors (Lipinski definition) is 1. The van der Waals surface area contributed by atoms with E-state index in [9.17, 15) is 14.7 Å². The molecule has 0 radical (unpaired) electrons. The Bertz CT molecular complexity index is 1080. The lowest BCUT2D eigenvalue weighted by atomic mass is 9.98. The van der Waals surface area contributed by atoms with Gasteiger partial charge in [-0.2, -0.15) is 0 Å². The Morgan fingerprint density at radius 1 is 1.00 bits per heavy atom. The minimum atomic E-state index is -1.11. The van der Waals surface area contributed by atoms with Crippen LogP contribution >= 0.6 is 0 Å². The molecule has 1 amide bonds. The van der Waals surface area contributed by atoms with Crippen molar-refractivity contribution >= 4 is 12.1 Å². The second-order valence-electron chi connectivity index (χ2n) is 7.97. The van der Waals surface area contributed by atoms with Crippen molar-refractivity contribution < 1.29 is 19.4 Å². The number of aromatic nitrogens is 1. The predicted molar refractivity (Wildman–Crippen MR) is 115 cm³/mol. The third kappa shape index (κ3) is 3.54. The van der Waals surface area contributed by atoms with Gasteiger partial charge in [0.25, 0.3) is 0 Å². The van der Waals surface area contributed by atoms with Crippen LogP contribution in [0.5, 0.6) is 0 Å². The normalized spacial score (nSPS) is 15.6. The second-order valence-corrected chi connectivity index (χ2v) is 7.97. The number of pyridine rings is 1. The fraction of sp³-hybridized carbons (Fsp3) is 0.240. The van der Waals surface area contributed by atoms with E-state index in [1.807, 2.05) is 24.3 Å². The molecule has 2 aliphatic rings. The first-order valence-corrected chi connectivity index (χ1v) is 10.4. The number of benzene rings is 2. The third-order valence-corrected chi connectivity index (χ3v) is 6.00. The number of amides is 1. The maximum absolute atomic E-state index is 13.1. The summed E-state index contributed by atoms with van der Waals surface area (Å²) < 4.78 is 5.76. The van der Waals surface area contributed by atoms with Crippen molar-refractivity contribution in [2.45, 2.75) is 30.8 Å². The van der Waals surface area contributed by atoms with Gasteiger partial charge in [0.1, 0.15) is 6.61 Å². The van der Waals surface area contributed by atoms with Gasteiger partial charge < -0.3 is 9.84 Å². The van der Waals surface area contributed by atoms with E-state index < -0.39 is 18.1 Å². The summed E-state index contributed by atoms with van der Waals surface area (Å²) in [5.74, 6) is -1.16. The predicted octanol–water partition coefficient (Wildman–Crippen LogP) is 4.62. The molecular weight excluding hydrogens is 392 g/mol. The quantitative estimate of drug-likeness (QED) is 0.637. The number of nitrogens with zero attached hydrogens (tertiary/aromatic N) is 2. The Balaban J connectivity index is 1.40. The van der Waals surface area contributed by atoms with Gasteiger partial charge in [0.2, 0.25) is 0 Å². The molecule has 0 spiro atoms. The van der Waals surface area contributed by atoms with Crippen molar-refractivity contribution in [1.29, 1.82) is 0 Å². The maximum Gasteiger partial charge on any atom is 0.411 e. The molecule has 31 heavy (non-hydrogen) atoms. The summed E-state index contributed by atoms with van der Waals surface area (Å²) in [6, 6.07) is 18.4. The zero-order chi connectivity index (χ0) is 21.4. The van der Waals surface area contributed by atoms with Gasteiger partial charge in [-0.1, -0.05) is 54.6 Å². The summed E-state index contributed by atoms with van der Waals surface area (Å²) in [6.07, 6.45) is 4.02. The number of carboxylic acid groups (broad SMARTS) is 1. The number of hydrogen-bond acceptors (Lipinski definition) is 4. The van der Waals surface area contributed by atoms with E-state index >= 15 is 0 Å². The van der Waals surface area contributed by atoms with E-state index in [4.69, 9.17) is 4.74 Å². The van der Waals surface area contributed by atoms with Gasteiger partial charge in [-0.15, -0.1) is 0 Å². The largest absolute Gasteiger partial charge is 0.479 e. The number of carboxylic acids is 1. The van der Waals surface area contributed by atoms with Gasteiger partial charge in [-0.3, -0.25) is 9.88 Å². The van der Waals surface area contributed by atoms with Crippen LogP contribution in [0.25, 0.3) is 11.1 Å². The van der Waals surface area contributed by atoms with Crippen LogP contribution in [0.2, 0.25) is 0 Å². The highest BCUT2D eigenvalue weighted by Crippen LogP contribution is 2.45. The zero-order valence-electron chi connectivity index (χ0n) is 16.8. The Morgan fingerprint density at radius 2 is 1.65 bits per heavy atom. The lowest BCUT2D eigenvalue weighted by Gasteiger charge is -2.29. The van der Waals surface area contributed by atoms with Gasteiger partial charge in [-0.05, 0) is 41.2 Å². The van der Waals surface area contributed by atoms with E-state index in [1.165, 1.54) is 11.1 Å². The molecule has 0 aliphatic heterocycles. The molecule has 1 heterocycles. The molecular formula is C25H22N2O4. The molecule has 6 nitrogen and oxygen atoms in total. The summed E-state index contributed by atoms with van der Waals surface area (Å²) in [6.45, 7) is 0.162. The van der Waals surface area contributed by atoms with Crippen molar-refractivity contribution in [3.8, 4) is 11.1 Å². The Kier molecular flexibility index (Phi) is 4.90. The lowest BCUT2D eigenvalue weighted by Crippen LogP contribution is -2.41. The van der Waals surface area contributed by atoms with Crippen molar-refractivity contribution in [3.63, 3.8) is 0 Å². The zero-order valence-corrected chi connectivity index (χ0v) is 16.8. The summed E-state index contributed by atoms with van der Waals surface area (Å²) in [5, 5.41) is 9.89. The van der Waals surface area contributed by atoms with Crippen LogP contribution < -0.4 is 0 Å². The SMILES string of the molecule is O=C(O)C(c1cccnc1)N(C(=O)OCC1c2ccccc2-c2ccccc21)C1CC1. The lowest BCUT2D eigenvalue weighted by molar-refractivity contribution is -0.143. The molecule has 2 aliphatic carbocycles. The third-order valence-electron chi connectivity index (χ3n) is 6.00. The van der Waals surface area contributed by atoms with Crippen LogP contribution in [0.3, 0.4) is 0 Å². The van der Waals surface area contributed by atoms with Gasteiger partial charge in [0, 0.05) is 29.9 Å². The fourth-order valence-electron chi connectivity index (χ4n) is 4.45. The number of fused-ring (bicyclic) bond motifs is 3. The van der Waals surface area contributed by atoms with Crippen LogP contribution in [-0.2, 0) is 9.53 Å². The van der Waals surface area contributed by atoms with Crippen LogP contribution in [0.1, 0.15) is 41.5 Å². The second kappa shape index (κ2) is 7.87. The van der Waals surface area contributed by atoms with Crippen LogP contribution in [0, 0.1) is 0 Å². The van der Waals surface area contributed by atoms with Crippen LogP contribution in [0.4, 0.5) is 4.79 Å². The number of rotatable bonds is 6. The van der Waals surface area contributed by atoms with Crippen molar-refractivity contribution in [1.82, 2.24) is 9.88 Å². The molecule has 1 fully saturated rings. The summed E-state index contributed by atoms with van der Waals surface area (Å²) in [4.78, 5) is 30.6. The first-order valence-electron chi connectivity index (χ1n) is 10.4. The van der Waals surface area contributed by atoms with Crippen LogP contribution in [-0.4, -0.2) is 39.7 Å². The Hall–Kier alpha value is -3.67. The topological polar surface area (TPSA) is 79.7 Å². The van der Waals surface area contributed by atoms with Crippen LogP contribution in [0.15, 0.2) is 73.1 Å². The number of aliphatic carboxylic acids is 1. The number of carbonyl (C=O) groups excluding carboxylic acids is 1. The summed E-state index contributed by atoms with van der Waals surface area (Å²) in [5.41, 5.74) is 5.01. The fourth-order valence-corrected chi connectivity index (χ4v) is 4.45. The Labute approximate surface area is 180 Å². The minimum Gasteiger partial charge on any atom is -0.479 e. The average molecular weight is 414 g/mol. The molecule has 0 bridgehead atoms. The first kappa shape index (κ1) is 19.3. The molecule has 1 saturated carbocycles. The highest BCUT2D eigenvalue weighted by atomic mass is 16.6. The minimum absolute atomic E-state index is 0.0703. The smallest absolute Gasteiger partial charge is 0.411 e. The summed E-state index contributed by atoms with van der Waals surface area (Å²) in [7, 11) is 0. The molecule has 1 N–H and O–H groups in total. The van der Waals surface area contributed by atoms with Gasteiger partial charge in [0.15, 0.2) is 6.04 Å². The number of ether oxygens (including phenoxy) is 1. The maximum atomic E-state index is 13.1. The Morgan fingerprint density at radius 3 is 2.19 bits per heavy atom. The average Bonchev–Trinajstić information content (AvgIpc) is 3.58. The molecule has 1 unspecified atom stereocenters. The van der Waals surface area contributed by atoms with Gasteiger partial charge in [0.05, 0.1) is 0 Å². The van der Waals surface area contributed by atoms with Crippen molar-refractivity contribution in [3.05, 3.63) is 89.7 Å². The van der Waals surface area contributed by atoms with Crippen molar-refractivity contribution in [2.75, 3.05) is 6.61 Å². The first-order chi connectivity index (χ1) is 15.1. The van der Waals surface area contributed by atoms with E-state index in [1.54, 1.807) is 18.3 Å². The van der Waals surface area contributed by atoms with E-state index in [-0.39, 0.29) is 18.6 Å². The van der Waals surface area contributed by atoms with Gasteiger partial charge in [-0.25, -0.2) is 9.59 Å². The molecule has 0 saturated heterocycles. The molecule has 1 atom stereocenters. The number of carbonyl (C=O) groups is 2. The molecule has 2 aromatic carbocycles. The summed E-state index contributed by atoms with van der Waals surface area (Å²) >= 11 is 0. The van der Waals surface area contributed by atoms with E-state index in [0.717, 1.165) is 35.1 Å². The monoisotopic (exact) mass is 414 g/mol. The molecule has 6 heteroatoms. The standard InChI is InChI=1S/C25H22N2O4/c28-24(29)23(16-6-5-13-26-14-16)27(17-11-12-17)25(30)31-15-22-20-9-3-1-7-18(20)19-8-2-4-10-21(19)22/h1-10,13-14,17,22-23H,11-12,15H2,(H,28,29). The molecule has 5 rings (SSSR count). The highest BCUT2D eigenvalue weighted by molar-refractivity contribution is 5.82. The van der Waals surface area contributed by atoms with Crippen molar-refractivity contribution in [2.24, 2.45) is 0 Å². The van der Waals surface area contributed by atoms with E-state index in [0.29, 0.717) is 5.56 Å².